The Labute approximate surface area is 144 Å². The summed E-state index contributed by atoms with van der Waals surface area (Å²) in [6.45, 7) is 2.50. The highest BCUT2D eigenvalue weighted by molar-refractivity contribution is 7.56. The third-order valence-corrected chi connectivity index (χ3v) is 7.71. The number of benzene rings is 2. The van der Waals surface area contributed by atoms with Crippen molar-refractivity contribution in [2.24, 2.45) is 5.92 Å². The van der Waals surface area contributed by atoms with Gasteiger partial charge in [0.15, 0.2) is 0 Å². The standard InChI is InChI=1S/C23H23P/c1-24-14-18-12-10-16-6-2-4-8-20(16)22(18)23-19(15-24)13-11-17-7-3-5-9-21(17)23/h2,4,6-11,13,18H,3,5,12,14-15H2,1H3/t18-,24?/m0/s1. The van der Waals surface area contributed by atoms with Gasteiger partial charge in [-0.05, 0) is 81.7 Å². The van der Waals surface area contributed by atoms with Crippen LogP contribution in [0.3, 0.4) is 0 Å². The molecule has 0 spiro atoms. The van der Waals surface area contributed by atoms with Crippen molar-refractivity contribution in [1.82, 2.24) is 0 Å². The van der Waals surface area contributed by atoms with Gasteiger partial charge >= 0.3 is 0 Å². The van der Waals surface area contributed by atoms with E-state index in [9.17, 15) is 0 Å². The Morgan fingerprint density at radius 2 is 1.79 bits per heavy atom. The normalized spacial score (nSPS) is 24.1. The van der Waals surface area contributed by atoms with Gasteiger partial charge in [-0.1, -0.05) is 54.6 Å². The van der Waals surface area contributed by atoms with Crippen molar-refractivity contribution in [3.63, 3.8) is 0 Å². The van der Waals surface area contributed by atoms with Crippen LogP contribution >= 0.6 is 7.92 Å². The molecule has 0 nitrogen and oxygen atoms in total. The SMILES string of the molecule is CP1Cc2ccc3c(c2C2=c4ccccc4=CC[C@H]2C1)=CCCC=3. The molecular formula is C23H23P. The Kier molecular flexibility index (Phi) is 3.49. The molecule has 1 unspecified atom stereocenters. The zero-order valence-electron chi connectivity index (χ0n) is 14.3. The van der Waals surface area contributed by atoms with Crippen LogP contribution in [0.5, 0.6) is 0 Å². The van der Waals surface area contributed by atoms with Crippen LogP contribution in [0.4, 0.5) is 0 Å². The lowest BCUT2D eigenvalue weighted by Gasteiger charge is -2.23. The number of fused-ring (bicyclic) bond motifs is 6. The van der Waals surface area contributed by atoms with Crippen molar-refractivity contribution in [3.05, 3.63) is 68.4 Å². The maximum absolute atomic E-state index is 2.50. The Hall–Kier alpha value is -1.65. The fourth-order valence-electron chi connectivity index (χ4n) is 4.76. The van der Waals surface area contributed by atoms with Crippen LogP contribution in [0.1, 0.15) is 30.4 Å². The third-order valence-electron chi connectivity index (χ3n) is 5.77. The molecule has 3 aliphatic rings. The fourth-order valence-corrected chi connectivity index (χ4v) is 6.82. The lowest BCUT2D eigenvalue weighted by atomic mass is 9.82. The predicted molar refractivity (Wildman–Crippen MR) is 106 cm³/mol. The van der Waals surface area contributed by atoms with E-state index in [0.717, 1.165) is 0 Å². The summed E-state index contributed by atoms with van der Waals surface area (Å²) in [5.74, 6) is 0.707. The van der Waals surface area contributed by atoms with Crippen LogP contribution in [0.15, 0.2) is 36.4 Å². The molecule has 0 fully saturated rings. The van der Waals surface area contributed by atoms with Gasteiger partial charge in [-0.3, -0.25) is 0 Å². The minimum Gasteiger partial charge on any atom is -0.105 e. The first-order valence-corrected chi connectivity index (χ1v) is 11.3. The average Bonchev–Trinajstić information content (AvgIpc) is 2.77. The quantitative estimate of drug-likeness (QED) is 0.652. The van der Waals surface area contributed by atoms with E-state index < -0.39 is 0 Å². The summed E-state index contributed by atoms with van der Waals surface area (Å²) in [5, 5.41) is 5.92. The van der Waals surface area contributed by atoms with Crippen LogP contribution in [-0.2, 0) is 6.16 Å². The molecule has 24 heavy (non-hydrogen) atoms. The molecule has 0 bridgehead atoms. The van der Waals surface area contributed by atoms with E-state index in [4.69, 9.17) is 0 Å². The van der Waals surface area contributed by atoms with E-state index in [1.807, 2.05) is 0 Å². The molecule has 0 aromatic heterocycles. The third kappa shape index (κ3) is 2.24. The topological polar surface area (TPSA) is 0 Å². The van der Waals surface area contributed by atoms with E-state index in [-0.39, 0.29) is 7.92 Å². The first kappa shape index (κ1) is 14.7. The second-order valence-electron chi connectivity index (χ2n) is 7.42. The molecule has 5 rings (SSSR count). The Morgan fingerprint density at radius 3 is 2.75 bits per heavy atom. The summed E-state index contributed by atoms with van der Waals surface area (Å²) < 4.78 is 0. The van der Waals surface area contributed by atoms with E-state index in [1.54, 1.807) is 16.7 Å². The van der Waals surface area contributed by atoms with Gasteiger partial charge in [0.1, 0.15) is 0 Å². The molecular weight excluding hydrogens is 307 g/mol. The molecule has 0 N–H and O–H groups in total. The first-order valence-electron chi connectivity index (χ1n) is 9.12. The molecule has 1 heteroatoms. The first-order chi connectivity index (χ1) is 11.8. The van der Waals surface area contributed by atoms with Crippen molar-refractivity contribution in [3.8, 4) is 0 Å². The zero-order chi connectivity index (χ0) is 16.1. The van der Waals surface area contributed by atoms with Crippen LogP contribution in [-0.4, -0.2) is 12.8 Å². The van der Waals surface area contributed by atoms with Crippen molar-refractivity contribution < 1.29 is 0 Å². The molecule has 2 aromatic carbocycles. The average molecular weight is 330 g/mol. The molecule has 1 aliphatic heterocycles. The Bertz CT molecular complexity index is 1060. The summed E-state index contributed by atoms with van der Waals surface area (Å²) >= 11 is 0. The van der Waals surface area contributed by atoms with Gasteiger partial charge in [0.25, 0.3) is 0 Å². The predicted octanol–water partition coefficient (Wildman–Crippen LogP) is 2.67. The fraction of sp³-hybridized carbons (Fsp3) is 0.304. The second kappa shape index (κ2) is 5.71. The monoisotopic (exact) mass is 330 g/mol. The smallest absolute Gasteiger partial charge is 0.00691 e. The van der Waals surface area contributed by atoms with Crippen LogP contribution in [0, 0.1) is 5.92 Å². The molecule has 1 heterocycles. The van der Waals surface area contributed by atoms with E-state index in [2.05, 4.69) is 61.3 Å². The minimum absolute atomic E-state index is 0.0841. The van der Waals surface area contributed by atoms with Gasteiger partial charge in [-0.2, -0.15) is 0 Å². The van der Waals surface area contributed by atoms with E-state index in [0.29, 0.717) is 5.92 Å². The molecule has 0 amide bonds. The Balaban J connectivity index is 1.98. The van der Waals surface area contributed by atoms with Gasteiger partial charge < -0.3 is 0 Å². The van der Waals surface area contributed by atoms with E-state index >= 15 is 0 Å². The minimum atomic E-state index is 0.0841. The van der Waals surface area contributed by atoms with Gasteiger partial charge in [0.2, 0.25) is 0 Å². The number of hydrogen-bond donors (Lipinski definition) is 0. The molecule has 0 saturated heterocycles. The van der Waals surface area contributed by atoms with Crippen LogP contribution in [0.25, 0.3) is 23.8 Å². The highest BCUT2D eigenvalue weighted by atomic mass is 31.1. The molecule has 2 atom stereocenters. The highest BCUT2D eigenvalue weighted by Gasteiger charge is 2.28. The largest absolute Gasteiger partial charge is 0.105 e. The van der Waals surface area contributed by atoms with Crippen molar-refractivity contribution in [2.45, 2.75) is 25.4 Å². The van der Waals surface area contributed by atoms with Crippen molar-refractivity contribution in [1.29, 1.82) is 0 Å². The van der Waals surface area contributed by atoms with Gasteiger partial charge in [0, 0.05) is 0 Å². The van der Waals surface area contributed by atoms with Crippen molar-refractivity contribution >= 4 is 31.7 Å². The number of rotatable bonds is 0. The molecule has 0 saturated carbocycles. The summed E-state index contributed by atoms with van der Waals surface area (Å²) in [6, 6.07) is 13.8. The Morgan fingerprint density at radius 1 is 0.917 bits per heavy atom. The summed E-state index contributed by atoms with van der Waals surface area (Å²) in [4.78, 5) is 0. The van der Waals surface area contributed by atoms with E-state index in [1.165, 1.54) is 52.5 Å². The summed E-state index contributed by atoms with van der Waals surface area (Å²) in [5.41, 5.74) is 4.85. The van der Waals surface area contributed by atoms with Gasteiger partial charge in [-0.15, -0.1) is 7.92 Å². The van der Waals surface area contributed by atoms with Gasteiger partial charge in [0.05, 0.1) is 0 Å². The maximum Gasteiger partial charge on any atom is -0.00691 e. The van der Waals surface area contributed by atoms with Crippen molar-refractivity contribution in [2.75, 3.05) is 12.8 Å². The summed E-state index contributed by atoms with van der Waals surface area (Å²) in [7, 11) is 0.0841. The molecule has 120 valence electrons. The van der Waals surface area contributed by atoms with Crippen LogP contribution < -0.4 is 20.9 Å². The van der Waals surface area contributed by atoms with Gasteiger partial charge in [-0.25, -0.2) is 0 Å². The van der Waals surface area contributed by atoms with Crippen LogP contribution in [0.2, 0.25) is 0 Å². The molecule has 2 aromatic rings. The highest BCUT2D eigenvalue weighted by Crippen LogP contribution is 2.46. The summed E-state index contributed by atoms with van der Waals surface area (Å²) in [6.07, 6.45) is 13.7. The molecule has 0 radical (unpaired) electrons. The lowest BCUT2D eigenvalue weighted by Crippen LogP contribution is -2.38. The molecule has 2 aliphatic carbocycles. The number of hydrogen-bond acceptors (Lipinski definition) is 0. The maximum atomic E-state index is 2.50. The second-order valence-corrected chi connectivity index (χ2v) is 9.82. The lowest BCUT2D eigenvalue weighted by molar-refractivity contribution is 0.783. The zero-order valence-corrected chi connectivity index (χ0v) is 15.2.